The van der Waals surface area contributed by atoms with Gasteiger partial charge in [-0.1, -0.05) is 31.5 Å². The molecular formula is C15H19N3O3. The fourth-order valence-corrected chi connectivity index (χ4v) is 1.87. The van der Waals surface area contributed by atoms with Gasteiger partial charge in [-0.3, -0.25) is 4.79 Å². The van der Waals surface area contributed by atoms with E-state index in [1.807, 2.05) is 18.2 Å². The van der Waals surface area contributed by atoms with Crippen LogP contribution in [0, 0.1) is 0 Å². The highest BCUT2D eigenvalue weighted by molar-refractivity contribution is 5.75. The van der Waals surface area contributed by atoms with Crippen molar-refractivity contribution in [2.45, 2.75) is 26.3 Å². The lowest BCUT2D eigenvalue weighted by Crippen LogP contribution is -2.33. The number of aromatic nitrogens is 2. The van der Waals surface area contributed by atoms with E-state index in [1.54, 1.807) is 24.1 Å². The van der Waals surface area contributed by atoms with Gasteiger partial charge in [0.1, 0.15) is 6.54 Å². The molecule has 112 valence electrons. The van der Waals surface area contributed by atoms with Crippen LogP contribution >= 0.6 is 0 Å². The van der Waals surface area contributed by atoms with Gasteiger partial charge < -0.3 is 9.32 Å². The fraction of sp³-hybridized carbons (Fsp3) is 0.400. The SMILES string of the molecule is CCCCN(C)C(=O)Cn1nc(-c2ccccc2)oc1=O. The molecule has 0 bridgehead atoms. The van der Waals surface area contributed by atoms with Crippen LogP contribution < -0.4 is 5.76 Å². The first kappa shape index (κ1) is 15.0. The van der Waals surface area contributed by atoms with Crippen LogP contribution in [0.2, 0.25) is 0 Å². The van der Waals surface area contributed by atoms with Gasteiger partial charge in [0, 0.05) is 19.2 Å². The summed E-state index contributed by atoms with van der Waals surface area (Å²) in [5, 5.41) is 4.07. The van der Waals surface area contributed by atoms with E-state index >= 15 is 0 Å². The van der Waals surface area contributed by atoms with Crippen molar-refractivity contribution in [2.75, 3.05) is 13.6 Å². The molecule has 0 unspecified atom stereocenters. The van der Waals surface area contributed by atoms with Crippen molar-refractivity contribution in [1.82, 2.24) is 14.7 Å². The number of unbranched alkanes of at least 4 members (excludes halogenated alkanes) is 1. The topological polar surface area (TPSA) is 68.3 Å². The Labute approximate surface area is 123 Å². The molecule has 0 aliphatic heterocycles. The van der Waals surface area contributed by atoms with Crippen molar-refractivity contribution in [3.63, 3.8) is 0 Å². The minimum Gasteiger partial charge on any atom is -0.388 e. The number of nitrogens with zero attached hydrogens (tertiary/aromatic N) is 3. The number of rotatable bonds is 6. The summed E-state index contributed by atoms with van der Waals surface area (Å²) in [7, 11) is 1.72. The summed E-state index contributed by atoms with van der Waals surface area (Å²) in [6.45, 7) is 2.63. The standard InChI is InChI=1S/C15H19N3O3/c1-3-4-10-17(2)13(19)11-18-15(20)21-14(16-18)12-8-6-5-7-9-12/h5-9H,3-4,10-11H2,1-2H3. The lowest BCUT2D eigenvalue weighted by Gasteiger charge is -2.15. The zero-order chi connectivity index (χ0) is 15.2. The van der Waals surface area contributed by atoms with Gasteiger partial charge in [-0.25, -0.2) is 4.79 Å². The molecule has 6 nitrogen and oxygen atoms in total. The van der Waals surface area contributed by atoms with E-state index < -0.39 is 5.76 Å². The minimum absolute atomic E-state index is 0.102. The second-order valence-corrected chi connectivity index (χ2v) is 4.87. The van der Waals surface area contributed by atoms with Crippen LogP contribution in [0.5, 0.6) is 0 Å². The Hall–Kier alpha value is -2.37. The van der Waals surface area contributed by atoms with Crippen molar-refractivity contribution in [3.8, 4) is 11.5 Å². The second-order valence-electron chi connectivity index (χ2n) is 4.87. The molecule has 0 fully saturated rings. The maximum absolute atomic E-state index is 12.0. The Kier molecular flexibility index (Phi) is 4.92. The molecule has 0 radical (unpaired) electrons. The summed E-state index contributed by atoms with van der Waals surface area (Å²) in [5.74, 6) is -0.547. The van der Waals surface area contributed by atoms with Crippen LogP contribution in [0.25, 0.3) is 11.5 Å². The third-order valence-corrected chi connectivity index (χ3v) is 3.18. The number of likely N-dealkylation sites (N-methyl/N-ethyl adjacent to an activating group) is 1. The number of hydrogen-bond acceptors (Lipinski definition) is 4. The maximum Gasteiger partial charge on any atom is 0.437 e. The van der Waals surface area contributed by atoms with Gasteiger partial charge in [-0.2, -0.15) is 4.68 Å². The molecule has 1 aromatic heterocycles. The van der Waals surface area contributed by atoms with E-state index in [0.717, 1.165) is 17.5 Å². The van der Waals surface area contributed by atoms with Gasteiger partial charge in [0.25, 0.3) is 0 Å². The van der Waals surface area contributed by atoms with Crippen molar-refractivity contribution < 1.29 is 9.21 Å². The molecule has 0 aliphatic carbocycles. The molecule has 0 spiro atoms. The molecule has 1 amide bonds. The Balaban J connectivity index is 2.10. The molecule has 0 atom stereocenters. The first-order valence-electron chi connectivity index (χ1n) is 6.99. The Morgan fingerprint density at radius 2 is 2.05 bits per heavy atom. The molecule has 1 aromatic carbocycles. The highest BCUT2D eigenvalue weighted by Gasteiger charge is 2.15. The van der Waals surface area contributed by atoms with Crippen molar-refractivity contribution >= 4 is 5.91 Å². The van der Waals surface area contributed by atoms with Gasteiger partial charge in [0.2, 0.25) is 11.8 Å². The average molecular weight is 289 g/mol. The smallest absolute Gasteiger partial charge is 0.388 e. The summed E-state index contributed by atoms with van der Waals surface area (Å²) in [5.41, 5.74) is 0.708. The van der Waals surface area contributed by atoms with Gasteiger partial charge in [0.15, 0.2) is 0 Å². The minimum atomic E-state index is -0.619. The Morgan fingerprint density at radius 3 is 2.71 bits per heavy atom. The van der Waals surface area contributed by atoms with Crippen LogP contribution in [0.1, 0.15) is 19.8 Å². The fourth-order valence-electron chi connectivity index (χ4n) is 1.87. The number of carbonyl (C=O) groups excluding carboxylic acids is 1. The monoisotopic (exact) mass is 289 g/mol. The van der Waals surface area contributed by atoms with E-state index in [2.05, 4.69) is 12.0 Å². The van der Waals surface area contributed by atoms with E-state index in [0.29, 0.717) is 12.1 Å². The molecule has 21 heavy (non-hydrogen) atoms. The molecule has 2 rings (SSSR count). The molecular weight excluding hydrogens is 270 g/mol. The maximum atomic E-state index is 12.0. The predicted molar refractivity (Wildman–Crippen MR) is 78.7 cm³/mol. The normalized spacial score (nSPS) is 10.6. The van der Waals surface area contributed by atoms with Crippen LogP contribution in [0.4, 0.5) is 0 Å². The third-order valence-electron chi connectivity index (χ3n) is 3.18. The molecule has 0 saturated heterocycles. The highest BCUT2D eigenvalue weighted by atomic mass is 16.4. The van der Waals surface area contributed by atoms with E-state index in [-0.39, 0.29) is 18.3 Å². The Bertz CT molecular complexity index is 646. The number of hydrogen-bond donors (Lipinski definition) is 0. The lowest BCUT2D eigenvalue weighted by molar-refractivity contribution is -0.130. The van der Waals surface area contributed by atoms with E-state index in [9.17, 15) is 9.59 Å². The van der Waals surface area contributed by atoms with Gasteiger partial charge in [-0.05, 0) is 18.6 Å². The number of benzene rings is 1. The zero-order valence-corrected chi connectivity index (χ0v) is 12.3. The van der Waals surface area contributed by atoms with E-state index in [1.165, 1.54) is 0 Å². The van der Waals surface area contributed by atoms with Gasteiger partial charge in [-0.15, -0.1) is 5.10 Å². The van der Waals surface area contributed by atoms with Gasteiger partial charge in [0.05, 0.1) is 0 Å². The summed E-state index contributed by atoms with van der Waals surface area (Å²) < 4.78 is 6.15. The molecule has 6 heteroatoms. The molecule has 2 aromatic rings. The predicted octanol–water partition coefficient (Wildman–Crippen LogP) is 1.76. The number of carbonyl (C=O) groups is 1. The molecule has 0 aliphatic rings. The van der Waals surface area contributed by atoms with Crippen molar-refractivity contribution in [1.29, 1.82) is 0 Å². The van der Waals surface area contributed by atoms with Crippen LogP contribution in [0.3, 0.4) is 0 Å². The Morgan fingerprint density at radius 1 is 1.33 bits per heavy atom. The molecule has 0 saturated carbocycles. The van der Waals surface area contributed by atoms with Gasteiger partial charge >= 0.3 is 5.76 Å². The van der Waals surface area contributed by atoms with Crippen LogP contribution in [0.15, 0.2) is 39.5 Å². The summed E-state index contributed by atoms with van der Waals surface area (Å²) >= 11 is 0. The first-order chi connectivity index (χ1) is 10.1. The quantitative estimate of drug-likeness (QED) is 0.812. The summed E-state index contributed by atoms with van der Waals surface area (Å²) in [6, 6.07) is 9.12. The largest absolute Gasteiger partial charge is 0.437 e. The third kappa shape index (κ3) is 3.81. The first-order valence-corrected chi connectivity index (χ1v) is 6.99. The summed E-state index contributed by atoms with van der Waals surface area (Å²) in [4.78, 5) is 25.4. The molecule has 1 heterocycles. The van der Waals surface area contributed by atoms with Crippen LogP contribution in [-0.4, -0.2) is 34.2 Å². The second kappa shape index (κ2) is 6.88. The van der Waals surface area contributed by atoms with Crippen molar-refractivity contribution in [3.05, 3.63) is 40.9 Å². The number of amides is 1. The highest BCUT2D eigenvalue weighted by Crippen LogP contribution is 2.13. The summed E-state index contributed by atoms with van der Waals surface area (Å²) in [6.07, 6.45) is 1.95. The average Bonchev–Trinajstić information content (AvgIpc) is 2.86. The zero-order valence-electron chi connectivity index (χ0n) is 12.3. The molecule has 0 N–H and O–H groups in total. The lowest BCUT2D eigenvalue weighted by atomic mass is 10.2. The van der Waals surface area contributed by atoms with Crippen LogP contribution in [-0.2, 0) is 11.3 Å². The van der Waals surface area contributed by atoms with Crippen molar-refractivity contribution in [2.24, 2.45) is 0 Å². The van der Waals surface area contributed by atoms with E-state index in [4.69, 9.17) is 4.42 Å².